The molecule has 3 heterocycles. The highest BCUT2D eigenvalue weighted by molar-refractivity contribution is 6.30. The van der Waals surface area contributed by atoms with Gasteiger partial charge in [0.15, 0.2) is 0 Å². The van der Waals surface area contributed by atoms with Crippen molar-refractivity contribution in [2.75, 3.05) is 6.54 Å². The molecule has 0 saturated carbocycles. The average Bonchev–Trinajstić information content (AvgIpc) is 3.45. The number of aryl methyl sites for hydroxylation is 2. The smallest absolute Gasteiger partial charge is 0.294 e. The fourth-order valence-electron chi connectivity index (χ4n) is 4.03. The topological polar surface area (TPSA) is 79.7 Å². The lowest BCUT2D eigenvalue weighted by atomic mass is 10.2. The molecule has 1 aliphatic heterocycles. The lowest BCUT2D eigenvalue weighted by Gasteiger charge is -2.21. The van der Waals surface area contributed by atoms with Gasteiger partial charge >= 0.3 is 0 Å². The number of nitrogens with one attached hydrogen (secondary N) is 1. The minimum atomic E-state index is -0.176. The van der Waals surface area contributed by atoms with Crippen LogP contribution >= 0.6 is 11.6 Å². The SMILES string of the molecule is Cc1ccc2nc(C3CCCN3C(=O)c3nc(C)n(-c4ccc(Cl)cc4)n3)[nH]c2c1. The summed E-state index contributed by atoms with van der Waals surface area (Å²) in [5.41, 5.74) is 3.89. The molecule has 0 radical (unpaired) electrons. The van der Waals surface area contributed by atoms with Crippen LogP contribution in [0.2, 0.25) is 5.02 Å². The predicted molar refractivity (Wildman–Crippen MR) is 115 cm³/mol. The number of aromatic nitrogens is 5. The second-order valence-electron chi connectivity index (χ2n) is 7.67. The van der Waals surface area contributed by atoms with Gasteiger partial charge in [0.2, 0.25) is 5.82 Å². The van der Waals surface area contributed by atoms with Gasteiger partial charge in [0.25, 0.3) is 5.91 Å². The summed E-state index contributed by atoms with van der Waals surface area (Å²) in [6.45, 7) is 4.55. The Balaban J connectivity index is 1.45. The molecule has 1 aliphatic rings. The molecule has 1 N–H and O–H groups in total. The minimum absolute atomic E-state index is 0.104. The van der Waals surface area contributed by atoms with Crippen molar-refractivity contribution >= 4 is 28.5 Å². The van der Waals surface area contributed by atoms with Crippen molar-refractivity contribution in [3.63, 3.8) is 0 Å². The highest BCUT2D eigenvalue weighted by atomic mass is 35.5. The minimum Gasteiger partial charge on any atom is -0.340 e. The number of carbonyl (C=O) groups excluding carboxylic acids is 1. The summed E-state index contributed by atoms with van der Waals surface area (Å²) in [6.07, 6.45) is 1.78. The molecule has 1 unspecified atom stereocenters. The molecule has 152 valence electrons. The van der Waals surface area contributed by atoms with Crippen LogP contribution in [-0.4, -0.2) is 42.1 Å². The van der Waals surface area contributed by atoms with Crippen molar-refractivity contribution in [2.24, 2.45) is 0 Å². The molecule has 0 bridgehead atoms. The highest BCUT2D eigenvalue weighted by Crippen LogP contribution is 2.32. The number of amides is 1. The first-order chi connectivity index (χ1) is 14.5. The summed E-state index contributed by atoms with van der Waals surface area (Å²) in [4.78, 5) is 27.7. The zero-order valence-electron chi connectivity index (χ0n) is 16.8. The highest BCUT2D eigenvalue weighted by Gasteiger charge is 2.34. The van der Waals surface area contributed by atoms with Crippen LogP contribution in [0.4, 0.5) is 0 Å². The van der Waals surface area contributed by atoms with Gasteiger partial charge in [-0.25, -0.2) is 14.6 Å². The Kier molecular flexibility index (Phi) is 4.55. The van der Waals surface area contributed by atoms with E-state index in [0.29, 0.717) is 17.4 Å². The van der Waals surface area contributed by atoms with Crippen LogP contribution in [0.25, 0.3) is 16.7 Å². The number of likely N-dealkylation sites (tertiary alicyclic amines) is 1. The molecule has 0 aliphatic carbocycles. The van der Waals surface area contributed by atoms with Gasteiger partial charge in [0.1, 0.15) is 11.6 Å². The van der Waals surface area contributed by atoms with Gasteiger partial charge in [-0.3, -0.25) is 4.79 Å². The van der Waals surface area contributed by atoms with Crippen molar-refractivity contribution < 1.29 is 4.79 Å². The van der Waals surface area contributed by atoms with Crippen molar-refractivity contribution in [1.29, 1.82) is 0 Å². The van der Waals surface area contributed by atoms with E-state index in [2.05, 4.69) is 28.1 Å². The number of H-pyrrole nitrogens is 1. The second kappa shape index (κ2) is 7.25. The van der Waals surface area contributed by atoms with E-state index in [4.69, 9.17) is 16.6 Å². The maximum atomic E-state index is 13.3. The number of carbonyl (C=O) groups is 1. The third kappa shape index (κ3) is 3.25. The van der Waals surface area contributed by atoms with E-state index in [0.717, 1.165) is 35.4 Å². The van der Waals surface area contributed by atoms with E-state index in [1.807, 2.05) is 36.1 Å². The molecular formula is C22H21ClN6O. The molecule has 8 heteroatoms. The first-order valence-corrected chi connectivity index (χ1v) is 10.3. The van der Waals surface area contributed by atoms with E-state index in [-0.39, 0.29) is 17.8 Å². The van der Waals surface area contributed by atoms with Gasteiger partial charge < -0.3 is 9.88 Å². The fraction of sp³-hybridized carbons (Fsp3) is 0.273. The first-order valence-electron chi connectivity index (χ1n) is 9.96. The normalized spacial score (nSPS) is 16.5. The van der Waals surface area contributed by atoms with Crippen LogP contribution in [0.5, 0.6) is 0 Å². The predicted octanol–water partition coefficient (Wildman–Crippen LogP) is 4.39. The molecule has 30 heavy (non-hydrogen) atoms. The summed E-state index contributed by atoms with van der Waals surface area (Å²) in [6, 6.07) is 13.3. The number of fused-ring (bicyclic) bond motifs is 1. The number of hydrogen-bond donors (Lipinski definition) is 1. The van der Waals surface area contributed by atoms with Crippen LogP contribution in [0, 0.1) is 13.8 Å². The van der Waals surface area contributed by atoms with Crippen molar-refractivity contribution in [3.05, 3.63) is 70.5 Å². The van der Waals surface area contributed by atoms with E-state index in [1.54, 1.807) is 16.8 Å². The second-order valence-corrected chi connectivity index (χ2v) is 8.11. The Bertz CT molecular complexity index is 1240. The number of hydrogen-bond acceptors (Lipinski definition) is 4. The van der Waals surface area contributed by atoms with E-state index in [1.165, 1.54) is 5.56 Å². The molecular weight excluding hydrogens is 400 g/mol. The zero-order valence-corrected chi connectivity index (χ0v) is 17.5. The molecule has 2 aromatic carbocycles. The third-order valence-corrected chi connectivity index (χ3v) is 5.77. The molecule has 1 amide bonds. The molecule has 0 spiro atoms. The number of halogens is 1. The first kappa shape index (κ1) is 18.8. The van der Waals surface area contributed by atoms with Crippen LogP contribution in [0.15, 0.2) is 42.5 Å². The quantitative estimate of drug-likeness (QED) is 0.533. The molecule has 1 atom stereocenters. The molecule has 1 saturated heterocycles. The Hall–Kier alpha value is -3.19. The maximum absolute atomic E-state index is 13.3. The number of aromatic amines is 1. The lowest BCUT2D eigenvalue weighted by molar-refractivity contribution is 0.0718. The van der Waals surface area contributed by atoms with Gasteiger partial charge in [-0.05, 0) is 68.7 Å². The van der Waals surface area contributed by atoms with Gasteiger partial charge in [-0.1, -0.05) is 17.7 Å². The molecule has 5 rings (SSSR count). The van der Waals surface area contributed by atoms with Crippen molar-refractivity contribution in [1.82, 2.24) is 29.6 Å². The third-order valence-electron chi connectivity index (χ3n) is 5.52. The average molecular weight is 421 g/mol. The number of rotatable bonds is 3. The largest absolute Gasteiger partial charge is 0.340 e. The molecule has 4 aromatic rings. The van der Waals surface area contributed by atoms with Crippen molar-refractivity contribution in [3.8, 4) is 5.69 Å². The summed E-state index contributed by atoms with van der Waals surface area (Å²) >= 11 is 5.98. The molecule has 2 aromatic heterocycles. The number of imidazole rings is 1. The summed E-state index contributed by atoms with van der Waals surface area (Å²) in [7, 11) is 0. The Morgan fingerprint density at radius 1 is 1.13 bits per heavy atom. The summed E-state index contributed by atoms with van der Waals surface area (Å²) < 4.78 is 1.67. The summed E-state index contributed by atoms with van der Waals surface area (Å²) in [5.74, 6) is 1.48. The van der Waals surface area contributed by atoms with Crippen LogP contribution in [0.3, 0.4) is 0 Å². The van der Waals surface area contributed by atoms with E-state index in [9.17, 15) is 4.79 Å². The number of benzene rings is 2. The Morgan fingerprint density at radius 2 is 1.93 bits per heavy atom. The standard InChI is InChI=1S/C22H21ClN6O/c1-13-5-10-17-18(12-13)26-20(25-17)19-4-3-11-28(19)22(30)21-24-14(2)29(27-21)16-8-6-15(23)7-9-16/h5-10,12,19H,3-4,11H2,1-2H3,(H,25,26). The van der Waals surface area contributed by atoms with Crippen LogP contribution in [-0.2, 0) is 0 Å². The van der Waals surface area contributed by atoms with E-state index < -0.39 is 0 Å². The monoisotopic (exact) mass is 420 g/mol. The van der Waals surface area contributed by atoms with Crippen molar-refractivity contribution in [2.45, 2.75) is 32.7 Å². The van der Waals surface area contributed by atoms with Gasteiger partial charge in [0, 0.05) is 11.6 Å². The Labute approximate surface area is 178 Å². The zero-order chi connectivity index (χ0) is 20.8. The summed E-state index contributed by atoms with van der Waals surface area (Å²) in [5, 5.41) is 5.12. The van der Waals surface area contributed by atoms with Gasteiger partial charge in [0.05, 0.1) is 22.8 Å². The molecule has 1 fully saturated rings. The van der Waals surface area contributed by atoms with Gasteiger partial charge in [-0.15, -0.1) is 5.10 Å². The lowest BCUT2D eigenvalue weighted by Crippen LogP contribution is -2.32. The Morgan fingerprint density at radius 3 is 2.73 bits per heavy atom. The maximum Gasteiger partial charge on any atom is 0.294 e. The molecule has 7 nitrogen and oxygen atoms in total. The fourth-order valence-corrected chi connectivity index (χ4v) is 4.16. The van der Waals surface area contributed by atoms with E-state index >= 15 is 0 Å². The van der Waals surface area contributed by atoms with Gasteiger partial charge in [-0.2, -0.15) is 0 Å². The van der Waals surface area contributed by atoms with Crippen LogP contribution in [0.1, 0.15) is 46.7 Å². The number of nitrogens with zero attached hydrogens (tertiary/aromatic N) is 5. The van der Waals surface area contributed by atoms with Crippen LogP contribution < -0.4 is 0 Å².